The Bertz CT molecular complexity index is 392. The fourth-order valence-electron chi connectivity index (χ4n) is 2.02. The van der Waals surface area contributed by atoms with Crippen molar-refractivity contribution < 1.29 is 4.92 Å². The van der Waals surface area contributed by atoms with E-state index < -0.39 is 4.92 Å². The molecule has 1 N–H and O–H groups in total. The summed E-state index contributed by atoms with van der Waals surface area (Å²) in [7, 11) is 0. The third kappa shape index (κ3) is 3.01. The van der Waals surface area contributed by atoms with Crippen LogP contribution in [0.2, 0.25) is 0 Å². The Labute approximate surface area is 99.6 Å². The normalized spacial score (nSPS) is 21.6. The van der Waals surface area contributed by atoms with Gasteiger partial charge in [-0.25, -0.2) is 0 Å². The molecule has 1 aliphatic rings. The van der Waals surface area contributed by atoms with Crippen LogP contribution in [0.25, 0.3) is 0 Å². The molecule has 0 unspecified atom stereocenters. The van der Waals surface area contributed by atoms with Crippen molar-refractivity contribution in [1.82, 2.24) is 20.0 Å². The summed E-state index contributed by atoms with van der Waals surface area (Å²) in [4.78, 5) is 12.5. The molecule has 17 heavy (non-hydrogen) atoms. The van der Waals surface area contributed by atoms with Gasteiger partial charge in [-0.05, 0) is 6.92 Å². The zero-order valence-electron chi connectivity index (χ0n) is 9.87. The number of nitro groups is 1. The van der Waals surface area contributed by atoms with E-state index in [-0.39, 0.29) is 5.69 Å². The van der Waals surface area contributed by atoms with Gasteiger partial charge in [-0.3, -0.25) is 19.7 Å². The predicted octanol–water partition coefficient (Wildman–Crippen LogP) is 0.0850. The Morgan fingerprint density at radius 2 is 2.47 bits per heavy atom. The van der Waals surface area contributed by atoms with Crippen molar-refractivity contribution in [1.29, 1.82) is 0 Å². The van der Waals surface area contributed by atoms with Gasteiger partial charge in [0.1, 0.15) is 12.4 Å². The Morgan fingerprint density at radius 3 is 3.12 bits per heavy atom. The quantitative estimate of drug-likeness (QED) is 0.595. The molecular formula is C10H17N5O2. The van der Waals surface area contributed by atoms with Crippen LogP contribution in [0.15, 0.2) is 12.4 Å². The van der Waals surface area contributed by atoms with Crippen LogP contribution in [-0.2, 0) is 6.54 Å². The summed E-state index contributed by atoms with van der Waals surface area (Å²) >= 11 is 0. The van der Waals surface area contributed by atoms with Crippen molar-refractivity contribution >= 4 is 5.69 Å². The van der Waals surface area contributed by atoms with Crippen molar-refractivity contribution in [2.75, 3.05) is 26.2 Å². The van der Waals surface area contributed by atoms with Crippen LogP contribution in [-0.4, -0.2) is 51.8 Å². The number of aromatic nitrogens is 2. The van der Waals surface area contributed by atoms with Gasteiger partial charge in [-0.15, -0.1) is 0 Å². The van der Waals surface area contributed by atoms with Crippen LogP contribution in [0, 0.1) is 10.1 Å². The van der Waals surface area contributed by atoms with Gasteiger partial charge in [0.05, 0.1) is 11.5 Å². The monoisotopic (exact) mass is 239 g/mol. The molecule has 1 aliphatic heterocycles. The smallest absolute Gasteiger partial charge is 0.306 e. The number of nitrogens with one attached hydrogen (secondary N) is 1. The van der Waals surface area contributed by atoms with E-state index in [1.54, 1.807) is 4.68 Å². The molecule has 1 aromatic rings. The Hall–Kier alpha value is -1.47. The highest BCUT2D eigenvalue weighted by Crippen LogP contribution is 2.08. The van der Waals surface area contributed by atoms with Crippen LogP contribution in [0.4, 0.5) is 5.69 Å². The van der Waals surface area contributed by atoms with Crippen molar-refractivity contribution in [3.05, 3.63) is 22.5 Å². The van der Waals surface area contributed by atoms with E-state index in [0.29, 0.717) is 12.6 Å². The zero-order chi connectivity index (χ0) is 12.3. The molecule has 0 spiro atoms. The number of piperazine rings is 1. The molecule has 0 bridgehead atoms. The first-order valence-corrected chi connectivity index (χ1v) is 5.78. The minimum Gasteiger partial charge on any atom is -0.314 e. The molecule has 0 amide bonds. The number of rotatable bonds is 4. The maximum Gasteiger partial charge on any atom is 0.306 e. The number of hydrogen-bond donors (Lipinski definition) is 1. The van der Waals surface area contributed by atoms with Gasteiger partial charge in [-0.1, -0.05) is 0 Å². The molecule has 0 radical (unpaired) electrons. The van der Waals surface area contributed by atoms with Gasteiger partial charge in [0.15, 0.2) is 0 Å². The zero-order valence-corrected chi connectivity index (χ0v) is 9.87. The Kier molecular flexibility index (Phi) is 3.70. The first-order chi connectivity index (χ1) is 8.16. The molecule has 1 saturated heterocycles. The molecule has 94 valence electrons. The fraction of sp³-hybridized carbons (Fsp3) is 0.700. The van der Waals surface area contributed by atoms with Crippen LogP contribution in [0.3, 0.4) is 0 Å². The largest absolute Gasteiger partial charge is 0.314 e. The van der Waals surface area contributed by atoms with Gasteiger partial charge in [0.25, 0.3) is 0 Å². The topological polar surface area (TPSA) is 76.2 Å². The third-order valence-electron chi connectivity index (χ3n) is 3.09. The molecule has 0 aliphatic carbocycles. The van der Waals surface area contributed by atoms with E-state index >= 15 is 0 Å². The lowest BCUT2D eigenvalue weighted by Gasteiger charge is -2.33. The summed E-state index contributed by atoms with van der Waals surface area (Å²) < 4.78 is 1.63. The Balaban J connectivity index is 1.86. The van der Waals surface area contributed by atoms with Crippen LogP contribution in [0.5, 0.6) is 0 Å². The lowest BCUT2D eigenvalue weighted by atomic mass is 10.2. The second kappa shape index (κ2) is 5.24. The summed E-state index contributed by atoms with van der Waals surface area (Å²) in [6.07, 6.45) is 2.77. The highest BCUT2D eigenvalue weighted by Gasteiger charge is 2.17. The van der Waals surface area contributed by atoms with Gasteiger partial charge in [-0.2, -0.15) is 5.10 Å². The van der Waals surface area contributed by atoms with E-state index in [4.69, 9.17) is 0 Å². The molecule has 7 heteroatoms. The second-order valence-corrected chi connectivity index (χ2v) is 4.31. The summed E-state index contributed by atoms with van der Waals surface area (Å²) in [5.74, 6) is 0. The highest BCUT2D eigenvalue weighted by atomic mass is 16.6. The molecule has 2 rings (SSSR count). The van der Waals surface area contributed by atoms with Crippen molar-refractivity contribution in [2.24, 2.45) is 0 Å². The maximum atomic E-state index is 10.5. The van der Waals surface area contributed by atoms with Gasteiger partial charge >= 0.3 is 5.69 Å². The Morgan fingerprint density at radius 1 is 1.65 bits per heavy atom. The molecule has 1 fully saturated rings. The molecule has 1 atom stereocenters. The van der Waals surface area contributed by atoms with Gasteiger partial charge < -0.3 is 5.32 Å². The first-order valence-electron chi connectivity index (χ1n) is 5.78. The summed E-state index contributed by atoms with van der Waals surface area (Å²) in [6, 6.07) is 0.509. The molecule has 2 heterocycles. The summed E-state index contributed by atoms with van der Waals surface area (Å²) in [5, 5.41) is 17.8. The van der Waals surface area contributed by atoms with Crippen molar-refractivity contribution in [2.45, 2.75) is 19.5 Å². The molecule has 0 saturated carbocycles. The van der Waals surface area contributed by atoms with Crippen LogP contribution >= 0.6 is 0 Å². The molecular weight excluding hydrogens is 222 g/mol. The minimum atomic E-state index is -0.420. The molecule has 0 aromatic carbocycles. The van der Waals surface area contributed by atoms with Crippen molar-refractivity contribution in [3.63, 3.8) is 0 Å². The molecule has 1 aromatic heterocycles. The predicted molar refractivity (Wildman–Crippen MR) is 62.8 cm³/mol. The van der Waals surface area contributed by atoms with E-state index in [9.17, 15) is 10.1 Å². The van der Waals surface area contributed by atoms with E-state index in [1.807, 2.05) is 0 Å². The van der Waals surface area contributed by atoms with E-state index in [0.717, 1.165) is 26.2 Å². The average molecular weight is 239 g/mol. The van der Waals surface area contributed by atoms with Gasteiger partial charge in [0, 0.05) is 32.2 Å². The second-order valence-electron chi connectivity index (χ2n) is 4.31. The van der Waals surface area contributed by atoms with E-state index in [2.05, 4.69) is 22.2 Å². The summed E-state index contributed by atoms with van der Waals surface area (Å²) in [6.45, 7) is 6.77. The average Bonchev–Trinajstić information content (AvgIpc) is 2.77. The third-order valence-corrected chi connectivity index (χ3v) is 3.09. The highest BCUT2D eigenvalue weighted by molar-refractivity contribution is 5.20. The first kappa shape index (κ1) is 12.0. The van der Waals surface area contributed by atoms with Crippen LogP contribution < -0.4 is 5.32 Å². The minimum absolute atomic E-state index is 0.0540. The number of nitrogens with zero attached hydrogens (tertiary/aromatic N) is 4. The van der Waals surface area contributed by atoms with E-state index in [1.165, 1.54) is 12.4 Å². The fourth-order valence-corrected chi connectivity index (χ4v) is 2.02. The number of hydrogen-bond acceptors (Lipinski definition) is 5. The maximum absolute atomic E-state index is 10.5. The molecule has 7 nitrogen and oxygen atoms in total. The SMILES string of the molecule is C[C@H]1CNCCN1CCn1cc([N+](=O)[O-])cn1. The van der Waals surface area contributed by atoms with Crippen LogP contribution in [0.1, 0.15) is 6.92 Å². The standard InChI is InChI=1S/C10H17N5O2/c1-9-6-11-2-3-13(9)4-5-14-8-10(7-12-14)15(16)17/h7-9,11H,2-6H2,1H3/t9-/m0/s1. The van der Waals surface area contributed by atoms with Crippen molar-refractivity contribution in [3.8, 4) is 0 Å². The summed E-state index contributed by atoms with van der Waals surface area (Å²) in [5.41, 5.74) is 0.0540. The lowest BCUT2D eigenvalue weighted by molar-refractivity contribution is -0.385. The lowest BCUT2D eigenvalue weighted by Crippen LogP contribution is -2.50. The van der Waals surface area contributed by atoms with Gasteiger partial charge in [0.2, 0.25) is 0 Å².